The SMILES string of the molecule is CC(Oc1cc(-c2ccc(C(=O)NCc3ccccn3)cc2)cnc1N)c1c(Cl)ccc(F)c1Cl. The first-order valence-electron chi connectivity index (χ1n) is 10.7. The Balaban J connectivity index is 1.49. The molecule has 178 valence electrons. The van der Waals surface area contributed by atoms with Crippen molar-refractivity contribution in [3.63, 3.8) is 0 Å². The summed E-state index contributed by atoms with van der Waals surface area (Å²) in [6, 6.07) is 16.9. The molecule has 4 rings (SSSR count). The third kappa shape index (κ3) is 5.70. The highest BCUT2D eigenvalue weighted by Crippen LogP contribution is 2.37. The molecule has 4 aromatic rings. The number of ether oxygens (including phenoxy) is 1. The van der Waals surface area contributed by atoms with Gasteiger partial charge in [0.05, 0.1) is 17.3 Å². The molecule has 3 N–H and O–H groups in total. The Labute approximate surface area is 211 Å². The van der Waals surface area contributed by atoms with Gasteiger partial charge in [0.2, 0.25) is 0 Å². The number of hydrogen-bond acceptors (Lipinski definition) is 5. The first-order chi connectivity index (χ1) is 16.8. The van der Waals surface area contributed by atoms with Crippen molar-refractivity contribution in [1.82, 2.24) is 15.3 Å². The van der Waals surface area contributed by atoms with Crippen LogP contribution in [0.15, 0.2) is 73.1 Å². The Morgan fingerprint density at radius 3 is 2.57 bits per heavy atom. The largest absolute Gasteiger partial charge is 0.482 e. The Kier molecular flexibility index (Phi) is 7.48. The predicted molar refractivity (Wildman–Crippen MR) is 135 cm³/mol. The van der Waals surface area contributed by atoms with Gasteiger partial charge in [0, 0.05) is 34.1 Å². The van der Waals surface area contributed by atoms with Gasteiger partial charge in [0.15, 0.2) is 11.6 Å². The van der Waals surface area contributed by atoms with Crippen LogP contribution in [-0.4, -0.2) is 15.9 Å². The summed E-state index contributed by atoms with van der Waals surface area (Å²) in [7, 11) is 0. The minimum atomic E-state index is -0.685. The summed E-state index contributed by atoms with van der Waals surface area (Å²) in [6.07, 6.45) is 2.59. The van der Waals surface area contributed by atoms with E-state index in [9.17, 15) is 9.18 Å². The number of nitrogens with one attached hydrogen (secondary N) is 1. The van der Waals surface area contributed by atoms with Gasteiger partial charge >= 0.3 is 0 Å². The van der Waals surface area contributed by atoms with Crippen molar-refractivity contribution in [2.45, 2.75) is 19.6 Å². The quantitative estimate of drug-likeness (QED) is 0.287. The first kappa shape index (κ1) is 24.4. The normalized spacial score (nSPS) is 11.7. The van der Waals surface area contributed by atoms with Crippen molar-refractivity contribution in [1.29, 1.82) is 0 Å². The lowest BCUT2D eigenvalue weighted by Gasteiger charge is -2.19. The maximum absolute atomic E-state index is 13.9. The minimum absolute atomic E-state index is 0.107. The van der Waals surface area contributed by atoms with Gasteiger partial charge in [-0.25, -0.2) is 9.37 Å². The monoisotopic (exact) mass is 510 g/mol. The van der Waals surface area contributed by atoms with E-state index in [1.807, 2.05) is 18.2 Å². The number of nitrogen functional groups attached to an aromatic ring is 1. The maximum Gasteiger partial charge on any atom is 0.251 e. The average Bonchev–Trinajstić information content (AvgIpc) is 2.87. The average molecular weight is 511 g/mol. The molecule has 1 atom stereocenters. The molecule has 0 aliphatic heterocycles. The van der Waals surface area contributed by atoms with E-state index in [0.29, 0.717) is 23.4 Å². The second-order valence-corrected chi connectivity index (χ2v) is 8.49. The van der Waals surface area contributed by atoms with Gasteiger partial charge < -0.3 is 15.8 Å². The van der Waals surface area contributed by atoms with Crippen LogP contribution in [0.25, 0.3) is 11.1 Å². The molecule has 0 aliphatic carbocycles. The fourth-order valence-electron chi connectivity index (χ4n) is 3.46. The molecular formula is C26H21Cl2FN4O2. The van der Waals surface area contributed by atoms with E-state index in [1.54, 1.807) is 49.6 Å². The lowest BCUT2D eigenvalue weighted by Crippen LogP contribution is -2.23. The molecule has 0 fully saturated rings. The first-order valence-corrected chi connectivity index (χ1v) is 11.4. The second kappa shape index (κ2) is 10.7. The summed E-state index contributed by atoms with van der Waals surface area (Å²) >= 11 is 12.3. The molecule has 1 unspecified atom stereocenters. The van der Waals surface area contributed by atoms with Gasteiger partial charge in [-0.2, -0.15) is 0 Å². The number of hydrogen-bond donors (Lipinski definition) is 2. The third-order valence-corrected chi connectivity index (χ3v) is 6.02. The summed E-state index contributed by atoms with van der Waals surface area (Å²) in [5.41, 5.74) is 9.13. The zero-order valence-electron chi connectivity index (χ0n) is 18.6. The van der Waals surface area contributed by atoms with Crippen LogP contribution in [0.4, 0.5) is 10.2 Å². The highest BCUT2D eigenvalue weighted by molar-refractivity contribution is 6.36. The highest BCUT2D eigenvalue weighted by Gasteiger charge is 2.20. The number of benzene rings is 2. The smallest absolute Gasteiger partial charge is 0.251 e. The zero-order chi connectivity index (χ0) is 24.9. The summed E-state index contributed by atoms with van der Waals surface area (Å²) < 4.78 is 19.9. The van der Waals surface area contributed by atoms with Crippen LogP contribution in [0.5, 0.6) is 5.75 Å². The Hall–Kier alpha value is -3.68. The van der Waals surface area contributed by atoms with Crippen LogP contribution >= 0.6 is 23.2 Å². The summed E-state index contributed by atoms with van der Waals surface area (Å²) in [6.45, 7) is 2.03. The standard InChI is InChI=1S/C26H21Cl2FN4O2/c1-15(23-20(27)9-10-21(29)24(23)28)35-22-12-18(13-32-25(22)30)16-5-7-17(8-6-16)26(34)33-14-19-4-2-3-11-31-19/h2-13,15H,14H2,1H3,(H2,30,32)(H,33,34). The predicted octanol–water partition coefficient (Wildman–Crippen LogP) is 6.24. The van der Waals surface area contributed by atoms with Gasteiger partial charge in [0.25, 0.3) is 5.91 Å². The van der Waals surface area contributed by atoms with Crippen LogP contribution in [0.2, 0.25) is 10.0 Å². The Morgan fingerprint density at radius 1 is 1.09 bits per heavy atom. The van der Waals surface area contributed by atoms with Crippen molar-refractivity contribution in [2.75, 3.05) is 5.73 Å². The lowest BCUT2D eigenvalue weighted by atomic mass is 10.0. The topological polar surface area (TPSA) is 90.1 Å². The number of carbonyl (C=O) groups is 1. The Bertz CT molecular complexity index is 1350. The molecule has 0 bridgehead atoms. The van der Waals surface area contributed by atoms with Crippen LogP contribution in [-0.2, 0) is 6.54 Å². The second-order valence-electron chi connectivity index (χ2n) is 7.71. The number of pyridine rings is 2. The van der Waals surface area contributed by atoms with Crippen molar-refractivity contribution < 1.29 is 13.9 Å². The van der Waals surface area contributed by atoms with E-state index < -0.39 is 11.9 Å². The molecule has 0 saturated carbocycles. The van der Waals surface area contributed by atoms with Gasteiger partial charge in [-0.05, 0) is 55.0 Å². The van der Waals surface area contributed by atoms with Crippen LogP contribution in [0.3, 0.4) is 0 Å². The van der Waals surface area contributed by atoms with Crippen LogP contribution < -0.4 is 15.8 Å². The molecule has 6 nitrogen and oxygen atoms in total. The number of aromatic nitrogens is 2. The van der Waals surface area contributed by atoms with Crippen molar-refractivity contribution in [3.8, 4) is 16.9 Å². The number of amides is 1. The van der Waals surface area contributed by atoms with E-state index in [-0.39, 0.29) is 21.8 Å². The number of anilines is 1. The molecule has 0 spiro atoms. The third-order valence-electron chi connectivity index (χ3n) is 5.31. The molecule has 2 aromatic carbocycles. The van der Waals surface area contributed by atoms with E-state index in [0.717, 1.165) is 16.8 Å². The lowest BCUT2D eigenvalue weighted by molar-refractivity contribution is 0.0950. The molecule has 9 heteroatoms. The number of halogens is 3. The Morgan fingerprint density at radius 2 is 1.86 bits per heavy atom. The molecule has 2 heterocycles. The zero-order valence-corrected chi connectivity index (χ0v) is 20.1. The summed E-state index contributed by atoms with van der Waals surface area (Å²) in [5.74, 6) is -0.344. The van der Waals surface area contributed by atoms with E-state index in [1.165, 1.54) is 12.1 Å². The van der Waals surface area contributed by atoms with Gasteiger partial charge in [-0.1, -0.05) is 41.4 Å². The molecule has 0 radical (unpaired) electrons. The van der Waals surface area contributed by atoms with Crippen molar-refractivity contribution >= 4 is 34.9 Å². The number of nitrogens with two attached hydrogens (primary N) is 1. The molecule has 2 aromatic heterocycles. The van der Waals surface area contributed by atoms with Gasteiger partial charge in [-0.15, -0.1) is 0 Å². The molecule has 1 amide bonds. The van der Waals surface area contributed by atoms with Crippen LogP contribution in [0, 0.1) is 5.82 Å². The highest BCUT2D eigenvalue weighted by atomic mass is 35.5. The van der Waals surface area contributed by atoms with Crippen molar-refractivity contribution in [2.24, 2.45) is 0 Å². The van der Waals surface area contributed by atoms with E-state index in [2.05, 4.69) is 15.3 Å². The number of carbonyl (C=O) groups excluding carboxylic acids is 1. The minimum Gasteiger partial charge on any atom is -0.482 e. The van der Waals surface area contributed by atoms with Gasteiger partial charge in [-0.3, -0.25) is 9.78 Å². The fraction of sp³-hybridized carbons (Fsp3) is 0.115. The maximum atomic E-state index is 13.9. The molecular weight excluding hydrogens is 490 g/mol. The van der Waals surface area contributed by atoms with Crippen molar-refractivity contribution in [3.05, 3.63) is 106 Å². The summed E-state index contributed by atoms with van der Waals surface area (Å²) in [4.78, 5) is 20.9. The number of rotatable bonds is 7. The molecule has 0 aliphatic rings. The van der Waals surface area contributed by atoms with E-state index >= 15 is 0 Å². The molecule has 35 heavy (non-hydrogen) atoms. The fourth-order valence-corrected chi connectivity index (χ4v) is 4.14. The van der Waals surface area contributed by atoms with Crippen LogP contribution in [0.1, 0.15) is 34.6 Å². The molecule has 0 saturated heterocycles. The summed E-state index contributed by atoms with van der Waals surface area (Å²) in [5, 5.41) is 3.02. The number of nitrogens with zero attached hydrogens (tertiary/aromatic N) is 2. The van der Waals surface area contributed by atoms with E-state index in [4.69, 9.17) is 33.7 Å². The van der Waals surface area contributed by atoms with Gasteiger partial charge in [0.1, 0.15) is 11.9 Å².